The molecule has 0 aliphatic carbocycles. The quantitative estimate of drug-likeness (QED) is 0.252. The van der Waals surface area contributed by atoms with Gasteiger partial charge in [0.1, 0.15) is 23.2 Å². The largest absolute Gasteiger partial charge is 0.449 e. The van der Waals surface area contributed by atoms with Gasteiger partial charge in [-0.15, -0.1) is 11.3 Å². The first-order valence-electron chi connectivity index (χ1n) is 12.3. The number of benzene rings is 1. The Balaban J connectivity index is 1.34. The van der Waals surface area contributed by atoms with Gasteiger partial charge in [0.25, 0.3) is 5.91 Å². The number of pyridine rings is 1. The molecule has 0 saturated carbocycles. The Labute approximate surface area is 222 Å². The van der Waals surface area contributed by atoms with E-state index in [9.17, 15) is 18.4 Å². The number of carbonyl (C=O) groups is 2. The van der Waals surface area contributed by atoms with Crippen molar-refractivity contribution in [2.75, 3.05) is 19.7 Å². The van der Waals surface area contributed by atoms with Crippen LogP contribution in [0, 0.1) is 11.6 Å². The van der Waals surface area contributed by atoms with Crippen LogP contribution in [0.4, 0.5) is 13.6 Å². The number of hydrogen-bond donors (Lipinski definition) is 2. The first-order chi connectivity index (χ1) is 18.4. The van der Waals surface area contributed by atoms with Gasteiger partial charge in [0.15, 0.2) is 0 Å². The van der Waals surface area contributed by atoms with E-state index in [2.05, 4.69) is 25.3 Å². The molecule has 0 radical (unpaired) electrons. The first-order valence-corrected chi connectivity index (χ1v) is 13.2. The minimum atomic E-state index is -0.493. The summed E-state index contributed by atoms with van der Waals surface area (Å²) < 4.78 is 32.6. The van der Waals surface area contributed by atoms with Gasteiger partial charge in [-0.3, -0.25) is 9.78 Å². The average Bonchev–Trinajstić information content (AvgIpc) is 3.55. The highest BCUT2D eigenvalue weighted by atomic mass is 32.1. The van der Waals surface area contributed by atoms with Crippen molar-refractivity contribution in [2.24, 2.45) is 0 Å². The zero-order chi connectivity index (χ0) is 26.9. The Morgan fingerprint density at radius 2 is 2.00 bits per heavy atom. The van der Waals surface area contributed by atoms with Gasteiger partial charge in [-0.25, -0.2) is 23.5 Å². The smallest absolute Gasteiger partial charge is 0.409 e. The topological polar surface area (TPSA) is 113 Å². The summed E-state index contributed by atoms with van der Waals surface area (Å²) in [4.78, 5) is 42.6. The van der Waals surface area contributed by atoms with E-state index in [-0.39, 0.29) is 23.7 Å². The number of fused-ring (bicyclic) bond motifs is 1. The van der Waals surface area contributed by atoms with Crippen molar-refractivity contribution in [2.45, 2.75) is 39.2 Å². The number of aromatic amines is 1. The number of imidazole rings is 1. The number of H-pyrrole nitrogens is 1. The van der Waals surface area contributed by atoms with E-state index in [4.69, 9.17) is 4.74 Å². The Kier molecular flexibility index (Phi) is 9.30. The summed E-state index contributed by atoms with van der Waals surface area (Å²) in [6, 6.07) is 7.10. The molecule has 12 heteroatoms. The van der Waals surface area contributed by atoms with Gasteiger partial charge in [-0.05, 0) is 30.7 Å². The van der Waals surface area contributed by atoms with Gasteiger partial charge in [0.05, 0.1) is 34.9 Å². The SMILES string of the molecule is CCCCOC(=O)N(CCc1nc2cc(F)ccc2[nH]1)CCc1nc(C(=O)NCc2ncccc2F)cs1. The molecular formula is C26H28F2N6O3S. The molecule has 0 fully saturated rings. The number of thiazole rings is 1. The number of amides is 2. The van der Waals surface area contributed by atoms with Crippen molar-refractivity contribution in [3.63, 3.8) is 0 Å². The second kappa shape index (κ2) is 13.0. The lowest BCUT2D eigenvalue weighted by atomic mass is 10.3. The predicted octanol–water partition coefficient (Wildman–Crippen LogP) is 4.65. The molecule has 0 aliphatic heterocycles. The van der Waals surface area contributed by atoms with Crippen LogP contribution in [-0.4, -0.2) is 56.5 Å². The van der Waals surface area contributed by atoms with Crippen LogP contribution < -0.4 is 5.32 Å². The number of hydrogen-bond acceptors (Lipinski definition) is 7. The summed E-state index contributed by atoms with van der Waals surface area (Å²) in [7, 11) is 0. The molecule has 0 spiro atoms. The summed E-state index contributed by atoms with van der Waals surface area (Å²) in [5, 5.41) is 4.91. The third-order valence-corrected chi connectivity index (χ3v) is 6.63. The zero-order valence-electron chi connectivity index (χ0n) is 20.9. The van der Waals surface area contributed by atoms with Crippen molar-refractivity contribution in [1.82, 2.24) is 30.2 Å². The molecule has 0 atom stereocenters. The molecule has 3 aromatic heterocycles. The van der Waals surface area contributed by atoms with Crippen LogP contribution in [0.2, 0.25) is 0 Å². The van der Waals surface area contributed by atoms with E-state index in [1.54, 1.807) is 16.3 Å². The number of ether oxygens (including phenoxy) is 1. The predicted molar refractivity (Wildman–Crippen MR) is 139 cm³/mol. The molecule has 200 valence electrons. The monoisotopic (exact) mass is 542 g/mol. The fourth-order valence-corrected chi connectivity index (χ4v) is 4.41. The molecular weight excluding hydrogens is 514 g/mol. The average molecular weight is 543 g/mol. The Hall–Kier alpha value is -3.93. The molecule has 9 nitrogen and oxygen atoms in total. The van der Waals surface area contributed by atoms with E-state index in [1.165, 1.54) is 41.8 Å². The maximum absolute atomic E-state index is 13.7. The highest BCUT2D eigenvalue weighted by Crippen LogP contribution is 2.15. The number of unbranched alkanes of at least 4 members (excludes halogenated alkanes) is 1. The van der Waals surface area contributed by atoms with Gasteiger partial charge >= 0.3 is 6.09 Å². The molecule has 38 heavy (non-hydrogen) atoms. The Morgan fingerprint density at radius 1 is 1.16 bits per heavy atom. The second-order valence-electron chi connectivity index (χ2n) is 8.54. The standard InChI is InChI=1S/C26H28F2N6O3S/c1-2-3-13-37-26(36)34(11-8-23-31-19-7-6-17(27)14-20(19)32-23)12-9-24-33-22(16-38-24)25(35)30-15-21-18(28)5-4-10-29-21/h4-7,10,14,16H,2-3,8-9,11-13,15H2,1H3,(H,30,35)(H,31,32). The van der Waals surface area contributed by atoms with E-state index >= 15 is 0 Å². The van der Waals surface area contributed by atoms with Crippen LogP contribution in [0.15, 0.2) is 41.9 Å². The number of nitrogens with one attached hydrogen (secondary N) is 2. The number of halogens is 2. The second-order valence-corrected chi connectivity index (χ2v) is 9.48. The van der Waals surface area contributed by atoms with Crippen LogP contribution in [0.25, 0.3) is 11.0 Å². The molecule has 4 aromatic rings. The molecule has 4 rings (SSSR count). The van der Waals surface area contributed by atoms with E-state index < -0.39 is 17.8 Å². The fourth-order valence-electron chi connectivity index (χ4n) is 3.64. The molecule has 2 N–H and O–H groups in total. The van der Waals surface area contributed by atoms with Crippen LogP contribution in [-0.2, 0) is 24.1 Å². The third-order valence-electron chi connectivity index (χ3n) is 5.73. The third kappa shape index (κ3) is 7.31. The van der Waals surface area contributed by atoms with Gasteiger partial charge in [0.2, 0.25) is 0 Å². The van der Waals surface area contributed by atoms with Gasteiger partial charge in [-0.2, -0.15) is 0 Å². The van der Waals surface area contributed by atoms with Crippen molar-refractivity contribution in [3.8, 4) is 0 Å². The van der Waals surface area contributed by atoms with Gasteiger partial charge in [0, 0.05) is 43.6 Å². The molecule has 0 bridgehead atoms. The number of rotatable bonds is 12. The zero-order valence-corrected chi connectivity index (χ0v) is 21.7. The van der Waals surface area contributed by atoms with Crippen LogP contribution in [0.5, 0.6) is 0 Å². The number of aromatic nitrogens is 4. The van der Waals surface area contributed by atoms with Crippen LogP contribution in [0.1, 0.15) is 46.8 Å². The maximum atomic E-state index is 13.7. The lowest BCUT2D eigenvalue weighted by Crippen LogP contribution is -2.35. The van der Waals surface area contributed by atoms with E-state index in [0.29, 0.717) is 48.9 Å². The lowest BCUT2D eigenvalue weighted by Gasteiger charge is -2.21. The van der Waals surface area contributed by atoms with Gasteiger partial charge in [-0.1, -0.05) is 13.3 Å². The van der Waals surface area contributed by atoms with Crippen molar-refractivity contribution in [3.05, 3.63) is 75.8 Å². The van der Waals surface area contributed by atoms with Crippen LogP contribution in [0.3, 0.4) is 0 Å². The minimum absolute atomic E-state index is 0.0514. The summed E-state index contributed by atoms with van der Waals surface area (Å²) in [5.74, 6) is -0.659. The van der Waals surface area contributed by atoms with Crippen molar-refractivity contribution in [1.29, 1.82) is 0 Å². The Bertz CT molecular complexity index is 1390. The first kappa shape index (κ1) is 27.1. The molecule has 0 saturated heterocycles. The van der Waals surface area contributed by atoms with E-state index in [1.807, 2.05) is 6.92 Å². The molecule has 0 aliphatic rings. The van der Waals surface area contributed by atoms with E-state index in [0.717, 1.165) is 18.4 Å². The Morgan fingerprint density at radius 3 is 2.82 bits per heavy atom. The lowest BCUT2D eigenvalue weighted by molar-refractivity contribution is 0.0943. The fraction of sp³-hybridized carbons (Fsp3) is 0.346. The van der Waals surface area contributed by atoms with Crippen LogP contribution >= 0.6 is 11.3 Å². The summed E-state index contributed by atoms with van der Waals surface area (Å²) >= 11 is 1.30. The molecule has 3 heterocycles. The minimum Gasteiger partial charge on any atom is -0.449 e. The number of nitrogens with zero attached hydrogens (tertiary/aromatic N) is 4. The summed E-state index contributed by atoms with van der Waals surface area (Å²) in [6.45, 7) is 2.95. The summed E-state index contributed by atoms with van der Waals surface area (Å²) in [5.41, 5.74) is 1.60. The van der Waals surface area contributed by atoms with Crippen molar-refractivity contribution >= 4 is 34.4 Å². The van der Waals surface area contributed by atoms with Gasteiger partial charge < -0.3 is 19.9 Å². The van der Waals surface area contributed by atoms with Crippen molar-refractivity contribution < 1.29 is 23.1 Å². The molecule has 2 amide bonds. The highest BCUT2D eigenvalue weighted by Gasteiger charge is 2.18. The summed E-state index contributed by atoms with van der Waals surface area (Å²) in [6.07, 6.45) is 3.53. The molecule has 1 aromatic carbocycles. The highest BCUT2D eigenvalue weighted by molar-refractivity contribution is 7.09. The maximum Gasteiger partial charge on any atom is 0.409 e. The molecule has 0 unspecified atom stereocenters. The normalized spacial score (nSPS) is 11.0. The number of carbonyl (C=O) groups excluding carboxylic acids is 2.